The van der Waals surface area contributed by atoms with Gasteiger partial charge in [0.15, 0.2) is 0 Å². The van der Waals surface area contributed by atoms with Crippen LogP contribution in [-0.4, -0.2) is 22.1 Å². The standard InChI is InChI=1S/C9H11N3O2/c1-10-8(13)5-2-3-6-7(4-5)12-9(14)11-6/h2-4,8,10,13H,1H3,(H2,11,12,14). The number of nitrogens with one attached hydrogen (secondary N) is 3. The Balaban J connectivity index is 2.55. The van der Waals surface area contributed by atoms with E-state index < -0.39 is 6.23 Å². The van der Waals surface area contributed by atoms with E-state index in [4.69, 9.17) is 0 Å². The van der Waals surface area contributed by atoms with Gasteiger partial charge in [0.05, 0.1) is 11.0 Å². The number of H-pyrrole nitrogens is 2. The molecule has 5 heteroatoms. The van der Waals surface area contributed by atoms with Crippen molar-refractivity contribution in [3.8, 4) is 0 Å². The van der Waals surface area contributed by atoms with Crippen LogP contribution in [0.3, 0.4) is 0 Å². The van der Waals surface area contributed by atoms with Gasteiger partial charge in [-0.1, -0.05) is 6.07 Å². The number of aliphatic hydroxyl groups excluding tert-OH is 1. The van der Waals surface area contributed by atoms with Crippen molar-refractivity contribution in [3.05, 3.63) is 34.2 Å². The first kappa shape index (κ1) is 8.98. The van der Waals surface area contributed by atoms with Crippen molar-refractivity contribution in [2.24, 2.45) is 0 Å². The van der Waals surface area contributed by atoms with Crippen molar-refractivity contribution in [1.29, 1.82) is 0 Å². The molecule has 0 spiro atoms. The van der Waals surface area contributed by atoms with Crippen LogP contribution in [0.5, 0.6) is 0 Å². The molecule has 1 atom stereocenters. The van der Waals surface area contributed by atoms with Crippen LogP contribution in [0.15, 0.2) is 23.0 Å². The molecule has 4 N–H and O–H groups in total. The van der Waals surface area contributed by atoms with Crippen molar-refractivity contribution in [1.82, 2.24) is 15.3 Å². The minimum Gasteiger partial charge on any atom is -0.374 e. The molecule has 0 saturated heterocycles. The first-order chi connectivity index (χ1) is 6.70. The van der Waals surface area contributed by atoms with E-state index >= 15 is 0 Å². The SMILES string of the molecule is CNC(O)c1ccc2[nH]c(=O)[nH]c2c1. The Bertz CT molecular complexity index is 500. The summed E-state index contributed by atoms with van der Waals surface area (Å²) in [6, 6.07) is 5.24. The van der Waals surface area contributed by atoms with Gasteiger partial charge in [-0.25, -0.2) is 4.79 Å². The van der Waals surface area contributed by atoms with E-state index in [1.165, 1.54) is 0 Å². The minimum absolute atomic E-state index is 0.240. The van der Waals surface area contributed by atoms with Crippen LogP contribution in [0.2, 0.25) is 0 Å². The molecule has 1 aromatic carbocycles. The molecule has 74 valence electrons. The van der Waals surface area contributed by atoms with E-state index in [0.29, 0.717) is 5.52 Å². The molecule has 14 heavy (non-hydrogen) atoms. The number of benzene rings is 1. The molecular weight excluding hydrogens is 182 g/mol. The molecular formula is C9H11N3O2. The fourth-order valence-corrected chi connectivity index (χ4v) is 1.39. The summed E-state index contributed by atoms with van der Waals surface area (Å²) in [7, 11) is 1.66. The topological polar surface area (TPSA) is 80.9 Å². The van der Waals surface area contributed by atoms with Crippen molar-refractivity contribution in [2.75, 3.05) is 7.05 Å². The number of aliphatic hydroxyl groups is 1. The van der Waals surface area contributed by atoms with Gasteiger partial charge < -0.3 is 15.1 Å². The van der Waals surface area contributed by atoms with Gasteiger partial charge in [0, 0.05) is 0 Å². The quantitative estimate of drug-likeness (QED) is 0.509. The zero-order chi connectivity index (χ0) is 10.1. The second-order valence-corrected chi connectivity index (χ2v) is 3.08. The van der Waals surface area contributed by atoms with Crippen molar-refractivity contribution < 1.29 is 5.11 Å². The highest BCUT2D eigenvalue weighted by Crippen LogP contribution is 2.14. The lowest BCUT2D eigenvalue weighted by Crippen LogP contribution is -2.14. The molecule has 1 unspecified atom stereocenters. The molecule has 0 bridgehead atoms. The summed E-state index contributed by atoms with van der Waals surface area (Å²) in [6.45, 7) is 0. The van der Waals surface area contributed by atoms with Crippen LogP contribution >= 0.6 is 0 Å². The predicted molar refractivity (Wildman–Crippen MR) is 52.9 cm³/mol. The number of aromatic amines is 2. The number of hydrogen-bond donors (Lipinski definition) is 4. The fraction of sp³-hybridized carbons (Fsp3) is 0.222. The summed E-state index contributed by atoms with van der Waals surface area (Å²) < 4.78 is 0. The number of hydrogen-bond acceptors (Lipinski definition) is 3. The molecule has 2 rings (SSSR count). The lowest BCUT2D eigenvalue weighted by molar-refractivity contribution is 0.149. The van der Waals surface area contributed by atoms with E-state index in [1.807, 2.05) is 0 Å². The number of fused-ring (bicyclic) bond motifs is 1. The Morgan fingerprint density at radius 1 is 1.36 bits per heavy atom. The monoisotopic (exact) mass is 193 g/mol. The Morgan fingerprint density at radius 2 is 2.07 bits per heavy atom. The molecule has 0 fully saturated rings. The summed E-state index contributed by atoms with van der Waals surface area (Å²) in [5.41, 5.74) is 1.91. The predicted octanol–water partition coefficient (Wildman–Crippen LogP) is 0.0665. The highest BCUT2D eigenvalue weighted by atomic mass is 16.3. The zero-order valence-corrected chi connectivity index (χ0v) is 7.66. The van der Waals surface area contributed by atoms with Gasteiger partial charge in [0.25, 0.3) is 0 Å². The third-order valence-electron chi connectivity index (χ3n) is 2.13. The van der Waals surface area contributed by atoms with E-state index in [1.54, 1.807) is 25.2 Å². The summed E-state index contributed by atoms with van der Waals surface area (Å²) in [5.74, 6) is 0. The van der Waals surface area contributed by atoms with E-state index in [0.717, 1.165) is 11.1 Å². The van der Waals surface area contributed by atoms with Crippen molar-refractivity contribution >= 4 is 11.0 Å². The number of imidazole rings is 1. The minimum atomic E-state index is -0.710. The first-order valence-corrected chi connectivity index (χ1v) is 4.28. The molecule has 0 aliphatic heterocycles. The fourth-order valence-electron chi connectivity index (χ4n) is 1.39. The van der Waals surface area contributed by atoms with E-state index in [9.17, 15) is 9.90 Å². The first-order valence-electron chi connectivity index (χ1n) is 4.28. The second-order valence-electron chi connectivity index (χ2n) is 3.08. The molecule has 0 saturated carbocycles. The number of aromatic nitrogens is 2. The van der Waals surface area contributed by atoms with Crippen LogP contribution in [0.1, 0.15) is 11.8 Å². The van der Waals surface area contributed by atoms with Gasteiger partial charge >= 0.3 is 5.69 Å². The summed E-state index contributed by atoms with van der Waals surface area (Å²) in [6.07, 6.45) is -0.710. The maximum atomic E-state index is 11.0. The Kier molecular flexibility index (Phi) is 2.11. The highest BCUT2D eigenvalue weighted by molar-refractivity contribution is 5.75. The summed E-state index contributed by atoms with van der Waals surface area (Å²) in [5, 5.41) is 12.2. The lowest BCUT2D eigenvalue weighted by Gasteiger charge is -2.08. The molecule has 0 aliphatic carbocycles. The van der Waals surface area contributed by atoms with Crippen LogP contribution in [0.4, 0.5) is 0 Å². The molecule has 0 amide bonds. The van der Waals surface area contributed by atoms with Crippen LogP contribution in [-0.2, 0) is 0 Å². The van der Waals surface area contributed by atoms with Gasteiger partial charge in [-0.15, -0.1) is 0 Å². The van der Waals surface area contributed by atoms with Crippen LogP contribution < -0.4 is 11.0 Å². The van der Waals surface area contributed by atoms with Crippen LogP contribution in [0.25, 0.3) is 11.0 Å². The average Bonchev–Trinajstić information content (AvgIpc) is 2.55. The third kappa shape index (κ3) is 1.43. The normalized spacial score (nSPS) is 13.3. The zero-order valence-electron chi connectivity index (χ0n) is 7.66. The maximum absolute atomic E-state index is 11.0. The van der Waals surface area contributed by atoms with Crippen molar-refractivity contribution in [2.45, 2.75) is 6.23 Å². The second kappa shape index (κ2) is 3.28. The van der Waals surface area contributed by atoms with E-state index in [2.05, 4.69) is 15.3 Å². The molecule has 5 nitrogen and oxygen atoms in total. The third-order valence-corrected chi connectivity index (χ3v) is 2.13. The smallest absolute Gasteiger partial charge is 0.323 e. The highest BCUT2D eigenvalue weighted by Gasteiger charge is 2.05. The Labute approximate surface area is 79.8 Å². The summed E-state index contributed by atoms with van der Waals surface area (Å²) >= 11 is 0. The molecule has 2 aromatic rings. The molecule has 0 aliphatic rings. The van der Waals surface area contributed by atoms with Gasteiger partial charge in [-0.05, 0) is 24.7 Å². The Morgan fingerprint density at radius 3 is 2.79 bits per heavy atom. The lowest BCUT2D eigenvalue weighted by atomic mass is 10.2. The van der Waals surface area contributed by atoms with Gasteiger partial charge in [0.1, 0.15) is 6.23 Å². The maximum Gasteiger partial charge on any atom is 0.323 e. The molecule has 0 radical (unpaired) electrons. The average molecular weight is 193 g/mol. The van der Waals surface area contributed by atoms with Crippen LogP contribution in [0, 0.1) is 0 Å². The Hall–Kier alpha value is -1.59. The summed E-state index contributed by atoms with van der Waals surface area (Å²) in [4.78, 5) is 16.2. The van der Waals surface area contributed by atoms with Gasteiger partial charge in [0.2, 0.25) is 0 Å². The van der Waals surface area contributed by atoms with Crippen molar-refractivity contribution in [3.63, 3.8) is 0 Å². The van der Waals surface area contributed by atoms with E-state index in [-0.39, 0.29) is 5.69 Å². The largest absolute Gasteiger partial charge is 0.374 e. The molecule has 1 heterocycles. The number of rotatable bonds is 2. The van der Waals surface area contributed by atoms with Gasteiger partial charge in [-0.3, -0.25) is 5.32 Å². The molecule has 1 aromatic heterocycles. The van der Waals surface area contributed by atoms with Gasteiger partial charge in [-0.2, -0.15) is 0 Å².